The summed E-state index contributed by atoms with van der Waals surface area (Å²) in [6.07, 6.45) is 8.69. The summed E-state index contributed by atoms with van der Waals surface area (Å²) in [5, 5.41) is 12.0. The Kier molecular flexibility index (Phi) is 5.28. The van der Waals surface area contributed by atoms with Gasteiger partial charge in [0.1, 0.15) is 5.82 Å². The molecule has 1 atom stereocenters. The van der Waals surface area contributed by atoms with Crippen LogP contribution in [-0.4, -0.2) is 47.1 Å². The summed E-state index contributed by atoms with van der Waals surface area (Å²) in [6, 6.07) is 4.40. The molecule has 3 heterocycles. The monoisotopic (exact) mass is 315 g/mol. The van der Waals surface area contributed by atoms with Crippen molar-refractivity contribution >= 4 is 11.8 Å². The van der Waals surface area contributed by atoms with Gasteiger partial charge in [-0.25, -0.2) is 9.78 Å². The van der Waals surface area contributed by atoms with Crippen LogP contribution in [0.3, 0.4) is 0 Å². The number of pyridine rings is 1. The summed E-state index contributed by atoms with van der Waals surface area (Å²) >= 11 is 0. The highest BCUT2D eigenvalue weighted by Crippen LogP contribution is 2.23. The maximum Gasteiger partial charge on any atom is 0.328 e. The van der Waals surface area contributed by atoms with E-state index in [-0.39, 0.29) is 0 Å². The van der Waals surface area contributed by atoms with E-state index in [9.17, 15) is 4.79 Å². The summed E-state index contributed by atoms with van der Waals surface area (Å²) in [4.78, 5) is 17.6. The molecule has 0 aromatic carbocycles. The third kappa shape index (κ3) is 4.55. The van der Waals surface area contributed by atoms with Gasteiger partial charge in [-0.3, -0.25) is 4.90 Å². The second kappa shape index (κ2) is 7.59. The number of carboxylic acid groups (broad SMARTS) is 1. The molecule has 0 radical (unpaired) electrons. The van der Waals surface area contributed by atoms with E-state index in [1.165, 1.54) is 30.2 Å². The van der Waals surface area contributed by atoms with Crippen LogP contribution < -0.4 is 5.32 Å². The van der Waals surface area contributed by atoms with Gasteiger partial charge >= 0.3 is 5.97 Å². The number of hydrogen-bond donors (Lipinski definition) is 2. The Labute approximate surface area is 137 Å². The average Bonchev–Trinajstić information content (AvgIpc) is 3.00. The lowest BCUT2D eigenvalue weighted by molar-refractivity contribution is -0.131. The van der Waals surface area contributed by atoms with E-state index in [2.05, 4.69) is 22.3 Å². The Morgan fingerprint density at radius 3 is 3.26 bits per heavy atom. The molecular weight excluding hydrogens is 290 g/mol. The molecule has 5 nitrogen and oxygen atoms in total. The van der Waals surface area contributed by atoms with Crippen LogP contribution in [0.25, 0.3) is 0 Å². The lowest BCUT2D eigenvalue weighted by Crippen LogP contribution is -2.21. The summed E-state index contributed by atoms with van der Waals surface area (Å²) in [7, 11) is 0. The smallest absolute Gasteiger partial charge is 0.328 e. The molecule has 1 fully saturated rings. The zero-order chi connectivity index (χ0) is 16.1. The minimum Gasteiger partial charge on any atom is -0.478 e. The van der Waals surface area contributed by atoms with Crippen LogP contribution in [0.1, 0.15) is 30.5 Å². The molecule has 2 aliphatic rings. The van der Waals surface area contributed by atoms with Gasteiger partial charge in [0, 0.05) is 31.4 Å². The van der Waals surface area contributed by atoms with E-state index in [0.717, 1.165) is 51.3 Å². The predicted octanol–water partition coefficient (Wildman–Crippen LogP) is 2.33. The normalized spacial score (nSPS) is 21.3. The van der Waals surface area contributed by atoms with Crippen molar-refractivity contribution in [1.29, 1.82) is 0 Å². The zero-order valence-corrected chi connectivity index (χ0v) is 13.5. The molecule has 2 N–H and O–H groups in total. The van der Waals surface area contributed by atoms with Crippen LogP contribution in [-0.2, 0) is 17.6 Å². The topological polar surface area (TPSA) is 65.5 Å². The van der Waals surface area contributed by atoms with Crippen LogP contribution >= 0.6 is 0 Å². The van der Waals surface area contributed by atoms with Gasteiger partial charge in [-0.1, -0.05) is 12.1 Å². The Morgan fingerprint density at radius 1 is 1.48 bits per heavy atom. The fraction of sp³-hybridized carbons (Fsp3) is 0.556. The van der Waals surface area contributed by atoms with Gasteiger partial charge in [-0.05, 0) is 56.2 Å². The van der Waals surface area contributed by atoms with Crippen molar-refractivity contribution < 1.29 is 9.90 Å². The molecule has 5 heteroatoms. The quantitative estimate of drug-likeness (QED) is 0.789. The van der Waals surface area contributed by atoms with Gasteiger partial charge in [-0.2, -0.15) is 0 Å². The molecule has 0 bridgehead atoms. The number of rotatable bonds is 6. The van der Waals surface area contributed by atoms with E-state index in [4.69, 9.17) is 10.1 Å². The average molecular weight is 315 g/mol. The first-order chi connectivity index (χ1) is 11.2. The van der Waals surface area contributed by atoms with Crippen molar-refractivity contribution in [2.24, 2.45) is 5.92 Å². The Balaban J connectivity index is 1.45. The number of likely N-dealkylation sites (tertiary alicyclic amines) is 1. The first-order valence-corrected chi connectivity index (χ1v) is 8.55. The third-order valence-corrected chi connectivity index (χ3v) is 4.75. The van der Waals surface area contributed by atoms with Crippen molar-refractivity contribution in [2.75, 3.05) is 31.5 Å². The maximum absolute atomic E-state index is 10.5. The summed E-state index contributed by atoms with van der Waals surface area (Å²) in [5.41, 5.74) is 2.53. The number of anilines is 1. The number of carboxylic acids is 1. The van der Waals surface area contributed by atoms with E-state index in [1.807, 2.05) is 0 Å². The van der Waals surface area contributed by atoms with Gasteiger partial charge in [0.2, 0.25) is 0 Å². The molecule has 0 spiro atoms. The van der Waals surface area contributed by atoms with Gasteiger partial charge < -0.3 is 10.4 Å². The molecule has 1 aromatic rings. The van der Waals surface area contributed by atoms with E-state index < -0.39 is 5.97 Å². The second-order valence-corrected chi connectivity index (χ2v) is 6.53. The molecule has 0 unspecified atom stereocenters. The minimum atomic E-state index is -0.868. The number of fused-ring (bicyclic) bond motifs is 1. The standard InChI is InChI=1S/C18H25N3O2/c22-17(23)4-2-11-21-12-9-14(13-21)5-7-16-8-6-15-3-1-10-19-18(15)20-16/h2,4,6,8,14H,1,3,5,7,9-13H2,(H,19,20)(H,22,23)/b4-2+/t14-/m1/s1. The van der Waals surface area contributed by atoms with Crippen molar-refractivity contribution in [3.8, 4) is 0 Å². The molecule has 0 aliphatic carbocycles. The number of aliphatic carboxylic acids is 1. The summed E-state index contributed by atoms with van der Waals surface area (Å²) in [5.74, 6) is 0.910. The van der Waals surface area contributed by atoms with E-state index in [0.29, 0.717) is 5.92 Å². The van der Waals surface area contributed by atoms with Crippen molar-refractivity contribution in [3.63, 3.8) is 0 Å². The summed E-state index contributed by atoms with van der Waals surface area (Å²) in [6.45, 7) is 3.90. The van der Waals surface area contributed by atoms with Crippen LogP contribution in [0, 0.1) is 5.92 Å². The minimum absolute atomic E-state index is 0.694. The second-order valence-electron chi connectivity index (χ2n) is 6.53. The molecule has 2 aliphatic heterocycles. The highest BCUT2D eigenvalue weighted by atomic mass is 16.4. The van der Waals surface area contributed by atoms with Gasteiger partial charge in [-0.15, -0.1) is 0 Å². The predicted molar refractivity (Wildman–Crippen MR) is 90.7 cm³/mol. The molecular formula is C18H25N3O2. The van der Waals surface area contributed by atoms with Crippen molar-refractivity contribution in [2.45, 2.75) is 32.1 Å². The number of aryl methyl sites for hydroxylation is 2. The fourth-order valence-electron chi connectivity index (χ4n) is 3.48. The van der Waals surface area contributed by atoms with Crippen LogP contribution in [0.5, 0.6) is 0 Å². The molecule has 1 saturated heterocycles. The molecule has 124 valence electrons. The molecule has 1 aromatic heterocycles. The zero-order valence-electron chi connectivity index (χ0n) is 13.5. The molecule has 23 heavy (non-hydrogen) atoms. The van der Waals surface area contributed by atoms with Gasteiger partial charge in [0.05, 0.1) is 0 Å². The summed E-state index contributed by atoms with van der Waals surface area (Å²) < 4.78 is 0. The van der Waals surface area contributed by atoms with Crippen LogP contribution in [0.4, 0.5) is 5.82 Å². The van der Waals surface area contributed by atoms with E-state index >= 15 is 0 Å². The highest BCUT2D eigenvalue weighted by Gasteiger charge is 2.21. The number of carbonyl (C=O) groups is 1. The Morgan fingerprint density at radius 2 is 2.39 bits per heavy atom. The molecule has 3 rings (SSSR count). The number of aromatic nitrogens is 1. The largest absolute Gasteiger partial charge is 0.478 e. The SMILES string of the molecule is O=C(O)/C=C/CN1CC[C@@H](CCc2ccc3c(n2)NCCC3)C1. The number of nitrogens with zero attached hydrogens (tertiary/aromatic N) is 2. The first-order valence-electron chi connectivity index (χ1n) is 8.55. The Bertz CT molecular complexity index is 586. The first kappa shape index (κ1) is 16.0. The molecule has 0 amide bonds. The third-order valence-electron chi connectivity index (χ3n) is 4.75. The van der Waals surface area contributed by atoms with Crippen LogP contribution in [0.15, 0.2) is 24.3 Å². The number of hydrogen-bond acceptors (Lipinski definition) is 4. The van der Waals surface area contributed by atoms with Gasteiger partial charge in [0.25, 0.3) is 0 Å². The van der Waals surface area contributed by atoms with Crippen molar-refractivity contribution in [3.05, 3.63) is 35.5 Å². The lowest BCUT2D eigenvalue weighted by atomic mass is 10.00. The van der Waals surface area contributed by atoms with E-state index in [1.54, 1.807) is 6.08 Å². The fourth-order valence-corrected chi connectivity index (χ4v) is 3.48. The van der Waals surface area contributed by atoms with Gasteiger partial charge in [0.15, 0.2) is 0 Å². The molecule has 0 saturated carbocycles. The lowest BCUT2D eigenvalue weighted by Gasteiger charge is -2.18. The highest BCUT2D eigenvalue weighted by molar-refractivity contribution is 5.79. The van der Waals surface area contributed by atoms with Crippen LogP contribution in [0.2, 0.25) is 0 Å². The number of nitrogens with one attached hydrogen (secondary N) is 1. The maximum atomic E-state index is 10.5. The van der Waals surface area contributed by atoms with Crippen molar-refractivity contribution in [1.82, 2.24) is 9.88 Å². The Hall–Kier alpha value is -1.88.